The third kappa shape index (κ3) is 5.14. The molecule has 0 atom stereocenters. The molecule has 0 saturated heterocycles. The Kier molecular flexibility index (Phi) is 6.52. The van der Waals surface area contributed by atoms with Crippen LogP contribution < -0.4 is 4.74 Å². The third-order valence-electron chi connectivity index (χ3n) is 4.49. The molecule has 1 heterocycles. The van der Waals surface area contributed by atoms with Gasteiger partial charge in [-0.3, -0.25) is 10.1 Å². The number of hydrogen-bond acceptors (Lipinski definition) is 6. The quantitative estimate of drug-likeness (QED) is 0.125. The normalized spacial score (nSPS) is 14.2. The molecule has 1 aliphatic rings. The molecule has 0 spiro atoms. The number of non-ortho nitro benzene ring substituents is 1. The Balaban J connectivity index is 1.52. The number of aliphatic imine (C=N–C) groups is 1. The molecule has 0 bridgehead atoms. The minimum Gasteiger partial charge on any atom is -0.489 e. The highest BCUT2D eigenvalue weighted by molar-refractivity contribution is 14.1. The summed E-state index contributed by atoms with van der Waals surface area (Å²) >= 11 is 8.36. The zero-order valence-corrected chi connectivity index (χ0v) is 19.2. The lowest BCUT2D eigenvalue weighted by molar-refractivity contribution is -0.384. The van der Waals surface area contributed by atoms with E-state index < -0.39 is 10.9 Å². The van der Waals surface area contributed by atoms with Crippen molar-refractivity contribution in [2.24, 2.45) is 4.99 Å². The van der Waals surface area contributed by atoms with E-state index in [0.29, 0.717) is 23.5 Å². The average molecular weight is 561 g/mol. The summed E-state index contributed by atoms with van der Waals surface area (Å²) in [6.07, 6.45) is 1.58. The van der Waals surface area contributed by atoms with Gasteiger partial charge in [0.05, 0.1) is 15.5 Å². The van der Waals surface area contributed by atoms with Crippen LogP contribution >= 0.6 is 34.2 Å². The van der Waals surface area contributed by atoms with E-state index in [2.05, 4.69) is 27.6 Å². The number of nitro groups is 1. The van der Waals surface area contributed by atoms with Gasteiger partial charge in [-0.1, -0.05) is 35.9 Å². The summed E-state index contributed by atoms with van der Waals surface area (Å²) in [5.41, 5.74) is 1.97. The maximum Gasteiger partial charge on any atom is 0.363 e. The molecule has 0 fully saturated rings. The summed E-state index contributed by atoms with van der Waals surface area (Å²) in [5.74, 6) is -0.00114. The summed E-state index contributed by atoms with van der Waals surface area (Å²) in [6, 6.07) is 19.1. The number of carbonyl (C=O) groups excluding carboxylic acids is 1. The van der Waals surface area contributed by atoms with Crippen LogP contribution in [0.3, 0.4) is 0 Å². The van der Waals surface area contributed by atoms with Gasteiger partial charge in [0.25, 0.3) is 5.69 Å². The summed E-state index contributed by atoms with van der Waals surface area (Å²) in [7, 11) is 0. The van der Waals surface area contributed by atoms with Crippen LogP contribution in [-0.4, -0.2) is 16.8 Å². The highest BCUT2D eigenvalue weighted by atomic mass is 127. The smallest absolute Gasteiger partial charge is 0.363 e. The molecule has 3 aromatic rings. The summed E-state index contributed by atoms with van der Waals surface area (Å²) in [5, 5.41) is 10.9. The number of ether oxygens (including phenoxy) is 2. The fourth-order valence-electron chi connectivity index (χ4n) is 2.91. The highest BCUT2D eigenvalue weighted by Gasteiger charge is 2.26. The second kappa shape index (κ2) is 9.49. The van der Waals surface area contributed by atoms with Crippen molar-refractivity contribution in [3.8, 4) is 5.75 Å². The van der Waals surface area contributed by atoms with E-state index in [9.17, 15) is 14.9 Å². The fraction of sp³-hybridized carbons (Fsp3) is 0.0435. The molecule has 0 radical (unpaired) electrons. The molecule has 0 N–H and O–H groups in total. The van der Waals surface area contributed by atoms with Crippen LogP contribution in [0.15, 0.2) is 77.4 Å². The number of rotatable bonds is 6. The van der Waals surface area contributed by atoms with Crippen LogP contribution in [0.1, 0.15) is 16.7 Å². The van der Waals surface area contributed by atoms with Crippen LogP contribution in [0.4, 0.5) is 5.69 Å². The average Bonchev–Trinajstić information content (AvgIpc) is 3.13. The van der Waals surface area contributed by atoms with Gasteiger partial charge < -0.3 is 9.47 Å². The maximum absolute atomic E-state index is 12.3. The number of hydrogen-bond donors (Lipinski definition) is 0. The minimum absolute atomic E-state index is 0.00716. The number of nitro benzene ring substituents is 1. The molecule has 7 nitrogen and oxygen atoms in total. The molecule has 0 aromatic heterocycles. The molecule has 0 amide bonds. The Morgan fingerprint density at radius 3 is 2.62 bits per heavy atom. The van der Waals surface area contributed by atoms with Crippen LogP contribution in [0.25, 0.3) is 6.08 Å². The van der Waals surface area contributed by atoms with Gasteiger partial charge in [0, 0.05) is 15.7 Å². The van der Waals surface area contributed by atoms with Gasteiger partial charge in [0.2, 0.25) is 5.90 Å². The zero-order chi connectivity index (χ0) is 22.7. The van der Waals surface area contributed by atoms with Gasteiger partial charge in [0.15, 0.2) is 5.70 Å². The summed E-state index contributed by atoms with van der Waals surface area (Å²) in [4.78, 5) is 26.8. The Morgan fingerprint density at radius 2 is 1.91 bits per heavy atom. The maximum atomic E-state index is 12.3. The molecule has 160 valence electrons. The largest absolute Gasteiger partial charge is 0.489 e. The van der Waals surface area contributed by atoms with Gasteiger partial charge in [-0.2, -0.15) is 0 Å². The van der Waals surface area contributed by atoms with Crippen molar-refractivity contribution in [1.82, 2.24) is 0 Å². The minimum atomic E-state index is -0.639. The highest BCUT2D eigenvalue weighted by Crippen LogP contribution is 2.27. The molecule has 3 aromatic carbocycles. The van der Waals surface area contributed by atoms with Crippen molar-refractivity contribution in [3.05, 3.63) is 108 Å². The molecule has 1 aliphatic heterocycles. The first-order chi connectivity index (χ1) is 15.4. The van der Waals surface area contributed by atoms with Gasteiger partial charge >= 0.3 is 5.97 Å². The second-order valence-electron chi connectivity index (χ2n) is 6.74. The van der Waals surface area contributed by atoms with E-state index in [0.717, 1.165) is 9.13 Å². The Bertz CT molecular complexity index is 1270. The van der Waals surface area contributed by atoms with Crippen molar-refractivity contribution in [1.29, 1.82) is 0 Å². The van der Waals surface area contributed by atoms with Crippen molar-refractivity contribution in [2.45, 2.75) is 6.61 Å². The molecule has 0 saturated carbocycles. The number of benzene rings is 3. The first-order valence-corrected chi connectivity index (χ1v) is 10.8. The fourth-order valence-corrected chi connectivity index (χ4v) is 3.53. The molecular formula is C23H14ClIN2O5. The predicted molar refractivity (Wildman–Crippen MR) is 129 cm³/mol. The van der Waals surface area contributed by atoms with E-state index in [1.807, 2.05) is 42.5 Å². The first kappa shape index (κ1) is 22.0. The van der Waals surface area contributed by atoms with Gasteiger partial charge in [-0.25, -0.2) is 9.79 Å². The van der Waals surface area contributed by atoms with Gasteiger partial charge in [-0.15, -0.1) is 0 Å². The molecule has 4 rings (SSSR count). The molecule has 0 aliphatic carbocycles. The topological polar surface area (TPSA) is 91.0 Å². The Labute approximate surface area is 201 Å². The van der Waals surface area contributed by atoms with E-state index in [1.165, 1.54) is 18.2 Å². The SMILES string of the molecule is O=C1OC(c2ccc([N+](=O)[O-])cc2Cl)=NC1=Cc1cccc(OCc2ccc(I)cc2)c1. The first-order valence-electron chi connectivity index (χ1n) is 9.33. The zero-order valence-electron chi connectivity index (χ0n) is 16.3. The lowest BCUT2D eigenvalue weighted by atomic mass is 10.2. The van der Waals surface area contributed by atoms with Crippen LogP contribution in [0, 0.1) is 13.7 Å². The monoisotopic (exact) mass is 560 g/mol. The number of nitrogens with zero attached hydrogens (tertiary/aromatic N) is 2. The summed E-state index contributed by atoms with van der Waals surface area (Å²) in [6.45, 7) is 0.417. The number of cyclic esters (lactones) is 1. The van der Waals surface area contributed by atoms with Crippen LogP contribution in [0.2, 0.25) is 5.02 Å². The lowest BCUT2D eigenvalue weighted by Gasteiger charge is -2.07. The van der Waals surface area contributed by atoms with Crippen molar-refractivity contribution in [2.75, 3.05) is 0 Å². The van der Waals surface area contributed by atoms with Crippen molar-refractivity contribution < 1.29 is 19.2 Å². The molecule has 32 heavy (non-hydrogen) atoms. The molecule has 9 heteroatoms. The van der Waals surface area contributed by atoms with Gasteiger partial charge in [0.1, 0.15) is 12.4 Å². The third-order valence-corrected chi connectivity index (χ3v) is 5.53. The van der Waals surface area contributed by atoms with E-state index in [-0.39, 0.29) is 22.3 Å². The molecular weight excluding hydrogens is 547 g/mol. The van der Waals surface area contributed by atoms with E-state index in [1.54, 1.807) is 12.1 Å². The number of halogens is 2. The van der Waals surface area contributed by atoms with Crippen LogP contribution in [-0.2, 0) is 16.1 Å². The second-order valence-corrected chi connectivity index (χ2v) is 8.40. The van der Waals surface area contributed by atoms with Gasteiger partial charge in [-0.05, 0) is 70.1 Å². The van der Waals surface area contributed by atoms with E-state index >= 15 is 0 Å². The van der Waals surface area contributed by atoms with Crippen molar-refractivity contribution in [3.63, 3.8) is 0 Å². The number of carbonyl (C=O) groups is 1. The molecule has 0 unspecified atom stereocenters. The number of esters is 1. The standard InChI is InChI=1S/C23H14ClIN2O5/c24-20-12-17(27(29)30)8-9-19(20)22-26-21(23(28)32-22)11-15-2-1-3-18(10-15)31-13-14-4-6-16(25)7-5-14/h1-12H,13H2. The van der Waals surface area contributed by atoms with Crippen molar-refractivity contribution >= 4 is 57.8 Å². The van der Waals surface area contributed by atoms with Crippen LogP contribution in [0.5, 0.6) is 5.75 Å². The summed E-state index contributed by atoms with van der Waals surface area (Å²) < 4.78 is 12.2. The van der Waals surface area contributed by atoms with E-state index in [4.69, 9.17) is 21.1 Å². The Hall–Kier alpha value is -3.24. The lowest BCUT2D eigenvalue weighted by Crippen LogP contribution is -2.06. The predicted octanol–water partition coefficient (Wildman–Crippen LogP) is 5.78. The Morgan fingerprint density at radius 1 is 1.12 bits per heavy atom.